The fourth-order valence-electron chi connectivity index (χ4n) is 2.83. The number of hydrogen-bond donors (Lipinski definition) is 2. The van der Waals surface area contributed by atoms with Crippen LogP contribution in [0, 0.1) is 0 Å². The molecule has 24 heavy (non-hydrogen) atoms. The van der Waals surface area contributed by atoms with Crippen molar-refractivity contribution >= 4 is 23.2 Å². The number of benzene rings is 1. The van der Waals surface area contributed by atoms with Gasteiger partial charge in [-0.25, -0.2) is 4.79 Å². The van der Waals surface area contributed by atoms with E-state index in [9.17, 15) is 9.59 Å². The lowest BCUT2D eigenvalue weighted by Gasteiger charge is -2.15. The van der Waals surface area contributed by atoms with Gasteiger partial charge in [-0.15, -0.1) is 11.3 Å². The number of rotatable bonds is 3. The van der Waals surface area contributed by atoms with Gasteiger partial charge in [0.25, 0.3) is 5.91 Å². The monoisotopic (exact) mass is 339 g/mol. The maximum atomic E-state index is 12.6. The first-order valence-corrected chi connectivity index (χ1v) is 8.19. The molecule has 7 heteroatoms. The molecule has 0 saturated carbocycles. The topological polar surface area (TPSA) is 86.3 Å². The van der Waals surface area contributed by atoms with Gasteiger partial charge in [0.1, 0.15) is 10.6 Å². The number of carboxylic acid groups (broad SMARTS) is 1. The van der Waals surface area contributed by atoms with Crippen molar-refractivity contribution in [3.8, 4) is 10.6 Å². The predicted octanol–water partition coefficient (Wildman–Crippen LogP) is 2.99. The van der Waals surface area contributed by atoms with Crippen LogP contribution in [0.4, 0.5) is 0 Å². The lowest BCUT2D eigenvalue weighted by Crippen LogP contribution is -2.25. The highest BCUT2D eigenvalue weighted by Crippen LogP contribution is 2.35. The van der Waals surface area contributed by atoms with E-state index in [1.165, 1.54) is 11.3 Å². The molecule has 1 aromatic carbocycles. The van der Waals surface area contributed by atoms with Gasteiger partial charge < -0.3 is 10.0 Å². The Morgan fingerprint density at radius 1 is 1.12 bits per heavy atom. The molecule has 0 bridgehead atoms. The SMILES string of the molecule is O=C(O)c1ccc(-c2n[nH]c3c2CN(C(=O)c2ccccc2)C3)s1. The van der Waals surface area contributed by atoms with Crippen LogP contribution in [-0.4, -0.2) is 32.1 Å². The molecule has 3 aromatic rings. The number of aromatic amines is 1. The fourth-order valence-corrected chi connectivity index (χ4v) is 3.69. The number of carbonyl (C=O) groups is 2. The second-order valence-corrected chi connectivity index (χ2v) is 6.61. The van der Waals surface area contributed by atoms with Crippen molar-refractivity contribution < 1.29 is 14.7 Å². The van der Waals surface area contributed by atoms with Crippen LogP contribution in [0.15, 0.2) is 42.5 Å². The smallest absolute Gasteiger partial charge is 0.345 e. The molecule has 120 valence electrons. The van der Waals surface area contributed by atoms with Gasteiger partial charge in [0.15, 0.2) is 0 Å². The number of thiophene rings is 1. The Balaban J connectivity index is 1.60. The molecular formula is C17H13N3O3S. The number of nitrogens with one attached hydrogen (secondary N) is 1. The maximum absolute atomic E-state index is 12.6. The molecule has 0 spiro atoms. The number of carboxylic acids is 1. The van der Waals surface area contributed by atoms with Gasteiger partial charge in [-0.2, -0.15) is 5.10 Å². The summed E-state index contributed by atoms with van der Waals surface area (Å²) in [7, 11) is 0. The van der Waals surface area contributed by atoms with Crippen molar-refractivity contribution in [3.05, 3.63) is 64.2 Å². The molecular weight excluding hydrogens is 326 g/mol. The van der Waals surface area contributed by atoms with Gasteiger partial charge in [0.2, 0.25) is 0 Å². The summed E-state index contributed by atoms with van der Waals surface area (Å²) in [5.41, 5.74) is 3.24. The number of aromatic nitrogens is 2. The molecule has 0 saturated heterocycles. The highest BCUT2D eigenvalue weighted by Gasteiger charge is 2.29. The summed E-state index contributed by atoms with van der Waals surface area (Å²) in [4.78, 5) is 26.4. The first-order chi connectivity index (χ1) is 11.6. The van der Waals surface area contributed by atoms with E-state index in [0.29, 0.717) is 18.7 Å². The van der Waals surface area contributed by atoms with E-state index in [-0.39, 0.29) is 10.8 Å². The molecule has 2 aromatic heterocycles. The van der Waals surface area contributed by atoms with Crippen LogP contribution in [0.25, 0.3) is 10.6 Å². The third-order valence-electron chi connectivity index (χ3n) is 4.01. The minimum absolute atomic E-state index is 0.0245. The van der Waals surface area contributed by atoms with Crippen molar-refractivity contribution in [2.75, 3.05) is 0 Å². The van der Waals surface area contributed by atoms with Crippen LogP contribution in [0.1, 0.15) is 31.3 Å². The lowest BCUT2D eigenvalue weighted by molar-refractivity contribution is 0.0700. The summed E-state index contributed by atoms with van der Waals surface area (Å²) in [6.07, 6.45) is 0. The molecule has 0 unspecified atom stereocenters. The number of fused-ring (bicyclic) bond motifs is 1. The van der Waals surface area contributed by atoms with Crippen molar-refractivity contribution in [2.24, 2.45) is 0 Å². The van der Waals surface area contributed by atoms with Gasteiger partial charge in [-0.05, 0) is 24.3 Å². The summed E-state index contributed by atoms with van der Waals surface area (Å²) in [6, 6.07) is 12.5. The second kappa shape index (κ2) is 5.61. The third kappa shape index (κ3) is 2.39. The molecule has 2 N–H and O–H groups in total. The second-order valence-electron chi connectivity index (χ2n) is 5.53. The van der Waals surface area contributed by atoms with E-state index >= 15 is 0 Å². The third-order valence-corrected chi connectivity index (χ3v) is 5.09. The zero-order valence-corrected chi connectivity index (χ0v) is 13.3. The molecule has 3 heterocycles. The summed E-state index contributed by atoms with van der Waals surface area (Å²) < 4.78 is 0. The highest BCUT2D eigenvalue weighted by molar-refractivity contribution is 7.17. The standard InChI is InChI=1S/C17H13N3O3S/c21-16(10-4-2-1-3-5-10)20-8-11-12(9-20)18-19-15(11)13-6-7-14(24-13)17(22)23/h1-7H,8-9H2,(H,18,19)(H,22,23). The predicted molar refractivity (Wildman–Crippen MR) is 88.9 cm³/mol. The molecule has 0 radical (unpaired) electrons. The van der Waals surface area contributed by atoms with Crippen LogP contribution in [-0.2, 0) is 13.1 Å². The number of aromatic carboxylic acids is 1. The molecule has 0 fully saturated rings. The normalized spacial score (nSPS) is 13.1. The van der Waals surface area contributed by atoms with E-state index in [4.69, 9.17) is 5.11 Å². The van der Waals surface area contributed by atoms with Gasteiger partial charge in [-0.1, -0.05) is 18.2 Å². The number of amides is 1. The summed E-state index contributed by atoms with van der Waals surface area (Å²) >= 11 is 1.19. The number of H-pyrrole nitrogens is 1. The first kappa shape index (κ1) is 14.6. The van der Waals surface area contributed by atoms with Crippen molar-refractivity contribution in [1.29, 1.82) is 0 Å². The summed E-state index contributed by atoms with van der Waals surface area (Å²) in [5, 5.41) is 16.3. The van der Waals surface area contributed by atoms with E-state index in [1.54, 1.807) is 29.2 Å². The van der Waals surface area contributed by atoms with Crippen LogP contribution < -0.4 is 0 Å². The number of hydrogen-bond acceptors (Lipinski definition) is 4. The fraction of sp³-hybridized carbons (Fsp3) is 0.118. The molecule has 0 aliphatic carbocycles. The molecule has 1 aliphatic rings. The molecule has 4 rings (SSSR count). The Morgan fingerprint density at radius 2 is 1.92 bits per heavy atom. The van der Waals surface area contributed by atoms with Crippen molar-refractivity contribution in [1.82, 2.24) is 15.1 Å². The zero-order chi connectivity index (χ0) is 16.7. The van der Waals surface area contributed by atoms with Crippen LogP contribution in [0.3, 0.4) is 0 Å². The number of carbonyl (C=O) groups excluding carboxylic acids is 1. The van der Waals surface area contributed by atoms with Gasteiger partial charge in [-0.3, -0.25) is 9.89 Å². The Hall–Kier alpha value is -2.93. The minimum atomic E-state index is -0.945. The van der Waals surface area contributed by atoms with E-state index in [0.717, 1.165) is 21.8 Å². The zero-order valence-electron chi connectivity index (χ0n) is 12.5. The minimum Gasteiger partial charge on any atom is -0.477 e. The molecule has 0 atom stereocenters. The van der Waals surface area contributed by atoms with Gasteiger partial charge in [0.05, 0.1) is 23.7 Å². The maximum Gasteiger partial charge on any atom is 0.345 e. The highest BCUT2D eigenvalue weighted by atomic mass is 32.1. The van der Waals surface area contributed by atoms with E-state index in [1.807, 2.05) is 18.2 Å². The Morgan fingerprint density at radius 3 is 2.62 bits per heavy atom. The summed E-state index contributed by atoms with van der Waals surface area (Å²) in [6.45, 7) is 0.947. The number of nitrogens with zero attached hydrogens (tertiary/aromatic N) is 2. The van der Waals surface area contributed by atoms with E-state index in [2.05, 4.69) is 10.2 Å². The van der Waals surface area contributed by atoms with Gasteiger partial charge in [0, 0.05) is 11.1 Å². The van der Waals surface area contributed by atoms with E-state index < -0.39 is 5.97 Å². The largest absolute Gasteiger partial charge is 0.477 e. The molecule has 1 amide bonds. The van der Waals surface area contributed by atoms with Gasteiger partial charge >= 0.3 is 5.97 Å². The first-order valence-electron chi connectivity index (χ1n) is 7.37. The molecule has 1 aliphatic heterocycles. The average Bonchev–Trinajstić information content (AvgIpc) is 3.29. The Labute approximate surface area is 141 Å². The van der Waals surface area contributed by atoms with Crippen molar-refractivity contribution in [2.45, 2.75) is 13.1 Å². The Kier molecular flexibility index (Phi) is 3.42. The van der Waals surface area contributed by atoms with Crippen LogP contribution >= 0.6 is 11.3 Å². The molecule has 6 nitrogen and oxygen atoms in total. The van der Waals surface area contributed by atoms with Crippen LogP contribution in [0.5, 0.6) is 0 Å². The van der Waals surface area contributed by atoms with Crippen LogP contribution in [0.2, 0.25) is 0 Å². The average molecular weight is 339 g/mol. The lowest BCUT2D eigenvalue weighted by atomic mass is 10.2. The van der Waals surface area contributed by atoms with Crippen molar-refractivity contribution in [3.63, 3.8) is 0 Å². The quantitative estimate of drug-likeness (QED) is 0.768. The summed E-state index contributed by atoms with van der Waals surface area (Å²) in [5.74, 6) is -0.970. The Bertz CT molecular complexity index is 930.